The first-order valence-electron chi connectivity index (χ1n) is 13.7. The van der Waals surface area contributed by atoms with E-state index in [4.69, 9.17) is 0 Å². The van der Waals surface area contributed by atoms with E-state index in [-0.39, 0.29) is 27.6 Å². The summed E-state index contributed by atoms with van der Waals surface area (Å²) in [7, 11) is 0. The first-order valence-corrected chi connectivity index (χ1v) is 13.7. The first kappa shape index (κ1) is 26.4. The molecule has 0 aromatic carbocycles. The fourth-order valence-corrected chi connectivity index (χ4v) is 10.2. The Morgan fingerprint density at radius 2 is 1.59 bits per heavy atom. The van der Waals surface area contributed by atoms with Gasteiger partial charge in [-0.1, -0.05) is 46.8 Å². The second kappa shape index (κ2) is 7.89. The Morgan fingerprint density at radius 3 is 2.21 bits per heavy atom. The van der Waals surface area contributed by atoms with Gasteiger partial charge in [-0.3, -0.25) is 4.79 Å². The summed E-state index contributed by atoms with van der Waals surface area (Å²) in [6.45, 7) is 16.9. The molecule has 0 aromatic heterocycles. The Kier molecular flexibility index (Phi) is 6.12. The van der Waals surface area contributed by atoms with E-state index in [9.17, 15) is 20.1 Å². The van der Waals surface area contributed by atoms with Crippen LogP contribution in [-0.2, 0) is 4.79 Å². The van der Waals surface area contributed by atoms with Gasteiger partial charge in [-0.25, -0.2) is 0 Å². The minimum atomic E-state index is -1.04. The van der Waals surface area contributed by atoms with Crippen molar-refractivity contribution in [2.75, 3.05) is 0 Å². The lowest BCUT2D eigenvalue weighted by molar-refractivity contribution is -0.192. The highest BCUT2D eigenvalue weighted by molar-refractivity contribution is 5.85. The Labute approximate surface area is 207 Å². The molecule has 0 bridgehead atoms. The zero-order valence-corrected chi connectivity index (χ0v) is 22.9. The van der Waals surface area contributed by atoms with Gasteiger partial charge < -0.3 is 15.3 Å². The second-order valence-electron chi connectivity index (χ2n) is 14.7. The number of hydrogen-bond acceptors (Lipinski definition) is 4. The minimum absolute atomic E-state index is 0.0382. The van der Waals surface area contributed by atoms with Gasteiger partial charge in [0.25, 0.3) is 0 Å². The zero-order valence-electron chi connectivity index (χ0n) is 22.9. The van der Waals surface area contributed by atoms with E-state index in [0.717, 1.165) is 38.5 Å². The first-order chi connectivity index (χ1) is 15.4. The van der Waals surface area contributed by atoms with Gasteiger partial charge in [0, 0.05) is 17.8 Å². The predicted molar refractivity (Wildman–Crippen MR) is 136 cm³/mol. The van der Waals surface area contributed by atoms with Gasteiger partial charge in [0.1, 0.15) is 5.78 Å². The molecule has 0 spiro atoms. The van der Waals surface area contributed by atoms with Crippen molar-refractivity contribution in [1.82, 2.24) is 0 Å². The average Bonchev–Trinajstić information content (AvgIpc) is 2.89. The molecule has 4 fully saturated rings. The van der Waals surface area contributed by atoms with Gasteiger partial charge >= 0.3 is 0 Å². The lowest BCUT2D eigenvalue weighted by atomic mass is 9.38. The standard InChI is InChI=1S/C30H50O4/c1-25(2,33)14-9-15-30(8,34)24-21(31)18-29(7)20-10-11-22-26(3,4)23(32)13-16-27(22,5)19(20)12-17-28(24,29)6/h9,14,19-22,24,31,33-34H,10-13,15-18H2,1-8H3/b14-9+/t19-,20-,21-,22+,24-,27-,28-,29+,30+/m0/s1. The summed E-state index contributed by atoms with van der Waals surface area (Å²) >= 11 is 0. The van der Waals surface area contributed by atoms with Crippen LogP contribution in [0.4, 0.5) is 0 Å². The van der Waals surface area contributed by atoms with E-state index >= 15 is 0 Å². The normalized spacial score (nSPS) is 48.2. The van der Waals surface area contributed by atoms with E-state index in [1.807, 2.05) is 13.0 Å². The summed E-state index contributed by atoms with van der Waals surface area (Å²) in [5.41, 5.74) is -2.21. The molecule has 4 heteroatoms. The number of rotatable bonds is 4. The number of carbonyl (C=O) groups is 1. The van der Waals surface area contributed by atoms with Gasteiger partial charge in [-0.2, -0.15) is 0 Å². The Bertz CT molecular complexity index is 850. The van der Waals surface area contributed by atoms with Gasteiger partial charge in [-0.05, 0) is 99.7 Å². The van der Waals surface area contributed by atoms with Crippen LogP contribution in [0.3, 0.4) is 0 Å². The fourth-order valence-electron chi connectivity index (χ4n) is 10.2. The molecule has 194 valence electrons. The molecule has 4 saturated carbocycles. The molecule has 4 aliphatic rings. The Balaban J connectivity index is 1.65. The summed E-state index contributed by atoms with van der Waals surface area (Å²) in [5.74, 6) is 1.76. The Hall–Kier alpha value is -0.710. The summed E-state index contributed by atoms with van der Waals surface area (Å²) in [4.78, 5) is 12.8. The maximum absolute atomic E-state index is 12.8. The van der Waals surface area contributed by atoms with Gasteiger partial charge in [-0.15, -0.1) is 0 Å². The molecule has 0 saturated heterocycles. The van der Waals surface area contributed by atoms with Crippen molar-refractivity contribution >= 4 is 5.78 Å². The molecule has 0 unspecified atom stereocenters. The minimum Gasteiger partial charge on any atom is -0.393 e. The fraction of sp³-hybridized carbons (Fsp3) is 0.900. The molecule has 3 N–H and O–H groups in total. The third kappa shape index (κ3) is 3.68. The molecule has 0 aliphatic heterocycles. The van der Waals surface area contributed by atoms with Crippen LogP contribution >= 0.6 is 0 Å². The van der Waals surface area contributed by atoms with Crippen molar-refractivity contribution in [3.8, 4) is 0 Å². The summed E-state index contributed by atoms with van der Waals surface area (Å²) in [6, 6.07) is 0. The van der Waals surface area contributed by atoms with Crippen LogP contribution in [0.15, 0.2) is 12.2 Å². The molecular formula is C30H50O4. The molecule has 34 heavy (non-hydrogen) atoms. The molecular weight excluding hydrogens is 424 g/mol. The van der Waals surface area contributed by atoms with E-state index in [2.05, 4.69) is 34.6 Å². The molecule has 9 atom stereocenters. The van der Waals surface area contributed by atoms with Gasteiger partial charge in [0.15, 0.2) is 0 Å². The van der Waals surface area contributed by atoms with Gasteiger partial charge in [0.2, 0.25) is 0 Å². The second-order valence-corrected chi connectivity index (χ2v) is 14.7. The number of hydrogen-bond donors (Lipinski definition) is 3. The van der Waals surface area contributed by atoms with Crippen LogP contribution in [0.25, 0.3) is 0 Å². The van der Waals surface area contributed by atoms with Crippen LogP contribution in [0.5, 0.6) is 0 Å². The van der Waals surface area contributed by atoms with Crippen molar-refractivity contribution in [3.05, 3.63) is 12.2 Å². The van der Waals surface area contributed by atoms with E-state index in [0.29, 0.717) is 36.4 Å². The van der Waals surface area contributed by atoms with Crippen molar-refractivity contribution in [1.29, 1.82) is 0 Å². The number of fused-ring (bicyclic) bond motifs is 5. The number of carbonyl (C=O) groups excluding carboxylic acids is 1. The SMILES string of the molecule is CC(C)(O)/C=C/C[C@@](C)(O)[C@H]1[C@@H](O)C[C@]2(C)[C@H]3CC[C@@H]4C(C)(C)C(=O)CC[C@@]4(C)[C@H]3CC[C@@]12C. The maximum atomic E-state index is 12.8. The summed E-state index contributed by atoms with van der Waals surface area (Å²) < 4.78 is 0. The van der Waals surface area contributed by atoms with Crippen LogP contribution < -0.4 is 0 Å². The number of Topliss-reactive ketones (excluding diaryl/α,β-unsaturated/α-hetero) is 1. The number of ketones is 1. The van der Waals surface area contributed by atoms with E-state index in [1.165, 1.54) is 0 Å². The zero-order chi connectivity index (χ0) is 25.5. The molecule has 0 heterocycles. The molecule has 0 aromatic rings. The molecule has 4 aliphatic carbocycles. The third-order valence-corrected chi connectivity index (χ3v) is 11.9. The van der Waals surface area contributed by atoms with Crippen molar-refractivity contribution in [2.24, 2.45) is 45.3 Å². The monoisotopic (exact) mass is 474 g/mol. The quantitative estimate of drug-likeness (QED) is 0.458. The highest BCUT2D eigenvalue weighted by Gasteiger charge is 2.70. The predicted octanol–water partition coefficient (Wildman–Crippen LogP) is 5.68. The van der Waals surface area contributed by atoms with Crippen LogP contribution in [0.2, 0.25) is 0 Å². The average molecular weight is 475 g/mol. The number of aliphatic hydroxyl groups excluding tert-OH is 1. The van der Waals surface area contributed by atoms with Crippen molar-refractivity contribution < 1.29 is 20.1 Å². The van der Waals surface area contributed by atoms with Crippen LogP contribution in [0, 0.1) is 45.3 Å². The lowest BCUT2D eigenvalue weighted by Crippen LogP contribution is -2.61. The maximum Gasteiger partial charge on any atom is 0.138 e. The smallest absolute Gasteiger partial charge is 0.138 e. The van der Waals surface area contributed by atoms with Crippen LogP contribution in [-0.4, -0.2) is 38.4 Å². The third-order valence-electron chi connectivity index (χ3n) is 11.9. The topological polar surface area (TPSA) is 77.8 Å². The highest BCUT2D eigenvalue weighted by Crippen LogP contribution is 2.74. The molecule has 4 nitrogen and oxygen atoms in total. The van der Waals surface area contributed by atoms with E-state index in [1.54, 1.807) is 19.9 Å². The van der Waals surface area contributed by atoms with Gasteiger partial charge in [0.05, 0.1) is 17.3 Å². The van der Waals surface area contributed by atoms with E-state index < -0.39 is 17.3 Å². The van der Waals surface area contributed by atoms with Crippen LogP contribution in [0.1, 0.15) is 107 Å². The lowest BCUT2D eigenvalue weighted by Gasteiger charge is -2.66. The largest absolute Gasteiger partial charge is 0.393 e. The molecule has 0 radical (unpaired) electrons. The number of aliphatic hydroxyl groups is 3. The van der Waals surface area contributed by atoms with Crippen molar-refractivity contribution in [3.63, 3.8) is 0 Å². The van der Waals surface area contributed by atoms with Crippen molar-refractivity contribution in [2.45, 2.75) is 124 Å². The molecule has 0 amide bonds. The summed E-state index contributed by atoms with van der Waals surface area (Å²) in [6.07, 6.45) is 10.3. The highest BCUT2D eigenvalue weighted by atomic mass is 16.3. The summed E-state index contributed by atoms with van der Waals surface area (Å²) in [5, 5.41) is 33.2. The Morgan fingerprint density at radius 1 is 0.941 bits per heavy atom. The molecule has 4 rings (SSSR count).